The zero-order chi connectivity index (χ0) is 19.2. The number of hydrogen-bond acceptors (Lipinski definition) is 6. The fourth-order valence-electron chi connectivity index (χ4n) is 4.16. The first kappa shape index (κ1) is 17.7. The normalized spacial score (nSPS) is 24.2. The number of aryl methyl sites for hydroxylation is 1. The highest BCUT2D eigenvalue weighted by Gasteiger charge is 2.57. The molecule has 27 heavy (non-hydrogen) atoms. The molecular weight excluding hydrogens is 350 g/mol. The molecule has 0 spiro atoms. The quantitative estimate of drug-likeness (QED) is 0.724. The fraction of sp³-hybridized carbons (Fsp3) is 0.474. The third-order valence-corrected chi connectivity index (χ3v) is 5.66. The Balaban J connectivity index is 1.59. The number of likely N-dealkylation sites (tertiary alicyclic amines) is 1. The standard InChI is InChI=1S/C19H21N3O5/c1-12-14-5-3-4-6-15(14)17(24)22(20-12)8-16(23)21-7-13-9-27-11-19(13,10-21)18(25)26-2/h3-6,13H,7-11H2,1-2H3/t13-,19-/m0/s1. The lowest BCUT2D eigenvalue weighted by molar-refractivity contribution is -0.153. The first-order valence-corrected chi connectivity index (χ1v) is 8.86. The molecule has 8 heteroatoms. The molecule has 2 aliphatic rings. The maximum atomic E-state index is 12.8. The number of rotatable bonds is 3. The third kappa shape index (κ3) is 2.71. The van der Waals surface area contributed by atoms with Crippen LogP contribution in [0, 0.1) is 18.3 Å². The number of nitrogens with zero attached hydrogens (tertiary/aromatic N) is 3. The summed E-state index contributed by atoms with van der Waals surface area (Å²) >= 11 is 0. The van der Waals surface area contributed by atoms with E-state index in [1.807, 2.05) is 19.1 Å². The van der Waals surface area contributed by atoms with Crippen molar-refractivity contribution in [3.63, 3.8) is 0 Å². The largest absolute Gasteiger partial charge is 0.468 e. The van der Waals surface area contributed by atoms with Crippen LogP contribution in [0.1, 0.15) is 5.69 Å². The summed E-state index contributed by atoms with van der Waals surface area (Å²) in [5, 5.41) is 5.61. The molecule has 0 aliphatic carbocycles. The van der Waals surface area contributed by atoms with Crippen LogP contribution in [0.15, 0.2) is 29.1 Å². The topological polar surface area (TPSA) is 90.7 Å². The molecule has 2 aromatic rings. The van der Waals surface area contributed by atoms with Crippen LogP contribution in [-0.4, -0.2) is 60.0 Å². The van der Waals surface area contributed by atoms with Crippen molar-refractivity contribution < 1.29 is 19.1 Å². The molecule has 2 atom stereocenters. The second-order valence-electron chi connectivity index (χ2n) is 7.23. The van der Waals surface area contributed by atoms with E-state index in [1.54, 1.807) is 17.0 Å². The van der Waals surface area contributed by atoms with E-state index in [0.29, 0.717) is 24.2 Å². The van der Waals surface area contributed by atoms with Gasteiger partial charge in [0.25, 0.3) is 5.56 Å². The van der Waals surface area contributed by atoms with E-state index in [9.17, 15) is 14.4 Å². The van der Waals surface area contributed by atoms with Crippen LogP contribution in [-0.2, 0) is 25.6 Å². The van der Waals surface area contributed by atoms with Crippen molar-refractivity contribution in [3.8, 4) is 0 Å². The molecule has 0 unspecified atom stereocenters. The van der Waals surface area contributed by atoms with Crippen molar-refractivity contribution >= 4 is 22.6 Å². The van der Waals surface area contributed by atoms with E-state index < -0.39 is 5.41 Å². The summed E-state index contributed by atoms with van der Waals surface area (Å²) in [4.78, 5) is 39.4. The number of amides is 1. The number of carbonyl (C=O) groups is 2. The lowest BCUT2D eigenvalue weighted by Crippen LogP contribution is -2.42. The van der Waals surface area contributed by atoms with Gasteiger partial charge in [-0.25, -0.2) is 4.68 Å². The minimum atomic E-state index is -0.803. The molecule has 2 aliphatic heterocycles. The molecule has 2 saturated heterocycles. The highest BCUT2D eigenvalue weighted by atomic mass is 16.5. The van der Waals surface area contributed by atoms with Crippen molar-refractivity contribution in [1.29, 1.82) is 0 Å². The molecule has 142 valence electrons. The Labute approximate surface area is 155 Å². The SMILES string of the molecule is COC(=O)[C@@]12COC[C@@H]1CN(C(=O)Cn1nc(C)c3ccccc3c1=O)C2. The van der Waals surface area contributed by atoms with E-state index in [1.165, 1.54) is 11.8 Å². The van der Waals surface area contributed by atoms with E-state index >= 15 is 0 Å². The average Bonchev–Trinajstić information content (AvgIpc) is 3.23. The number of carbonyl (C=O) groups excluding carboxylic acids is 2. The van der Waals surface area contributed by atoms with E-state index in [-0.39, 0.29) is 43.1 Å². The van der Waals surface area contributed by atoms with Gasteiger partial charge in [0.05, 0.1) is 31.4 Å². The number of hydrogen-bond donors (Lipinski definition) is 0. The summed E-state index contributed by atoms with van der Waals surface area (Å²) in [5.41, 5.74) is -0.409. The van der Waals surface area contributed by atoms with Crippen LogP contribution in [0.4, 0.5) is 0 Å². The summed E-state index contributed by atoms with van der Waals surface area (Å²) in [6.07, 6.45) is 0. The zero-order valence-corrected chi connectivity index (χ0v) is 15.3. The number of esters is 1. The van der Waals surface area contributed by atoms with E-state index in [2.05, 4.69) is 5.10 Å². The smallest absolute Gasteiger partial charge is 0.316 e. The Morgan fingerprint density at radius 1 is 1.33 bits per heavy atom. The van der Waals surface area contributed by atoms with Crippen LogP contribution in [0.2, 0.25) is 0 Å². The second kappa shape index (κ2) is 6.45. The molecule has 1 amide bonds. The molecule has 8 nitrogen and oxygen atoms in total. The molecule has 0 radical (unpaired) electrons. The number of aromatic nitrogens is 2. The van der Waals surface area contributed by atoms with Gasteiger partial charge in [-0.15, -0.1) is 0 Å². The van der Waals surface area contributed by atoms with Crippen LogP contribution < -0.4 is 5.56 Å². The predicted molar refractivity (Wildman–Crippen MR) is 96.1 cm³/mol. The van der Waals surface area contributed by atoms with Crippen molar-refractivity contribution in [1.82, 2.24) is 14.7 Å². The van der Waals surface area contributed by atoms with Gasteiger partial charge in [-0.05, 0) is 13.0 Å². The van der Waals surface area contributed by atoms with Crippen molar-refractivity contribution in [3.05, 3.63) is 40.3 Å². The monoisotopic (exact) mass is 371 g/mol. The van der Waals surface area contributed by atoms with Gasteiger partial charge >= 0.3 is 5.97 Å². The maximum Gasteiger partial charge on any atom is 0.316 e. The summed E-state index contributed by atoms with van der Waals surface area (Å²) in [5.74, 6) is -0.675. The van der Waals surface area contributed by atoms with Crippen molar-refractivity contribution in [2.24, 2.45) is 11.3 Å². The van der Waals surface area contributed by atoms with Gasteiger partial charge in [-0.3, -0.25) is 14.4 Å². The first-order valence-electron chi connectivity index (χ1n) is 8.86. The van der Waals surface area contributed by atoms with Crippen molar-refractivity contribution in [2.75, 3.05) is 33.4 Å². The molecule has 0 bridgehead atoms. The Morgan fingerprint density at radius 2 is 2.07 bits per heavy atom. The summed E-state index contributed by atoms with van der Waals surface area (Å²) < 4.78 is 11.6. The van der Waals surface area contributed by atoms with Crippen LogP contribution >= 0.6 is 0 Å². The lowest BCUT2D eigenvalue weighted by atomic mass is 9.81. The Morgan fingerprint density at radius 3 is 2.81 bits per heavy atom. The Kier molecular flexibility index (Phi) is 4.22. The molecule has 1 aromatic heterocycles. The van der Waals surface area contributed by atoms with Crippen LogP contribution in [0.3, 0.4) is 0 Å². The minimum absolute atomic E-state index is 0.0862. The number of benzene rings is 1. The highest BCUT2D eigenvalue weighted by molar-refractivity contribution is 5.84. The Hall–Kier alpha value is -2.74. The summed E-state index contributed by atoms with van der Waals surface area (Å²) in [6.45, 7) is 2.98. The summed E-state index contributed by atoms with van der Waals surface area (Å²) in [6, 6.07) is 7.21. The molecule has 0 N–H and O–H groups in total. The number of ether oxygens (including phenoxy) is 2. The molecule has 3 heterocycles. The summed E-state index contributed by atoms with van der Waals surface area (Å²) in [7, 11) is 1.35. The van der Waals surface area contributed by atoms with Gasteiger partial charge in [0, 0.05) is 24.4 Å². The average molecular weight is 371 g/mol. The van der Waals surface area contributed by atoms with Gasteiger partial charge in [0.1, 0.15) is 12.0 Å². The fourth-order valence-corrected chi connectivity index (χ4v) is 4.16. The molecule has 4 rings (SSSR count). The van der Waals surface area contributed by atoms with E-state index in [4.69, 9.17) is 9.47 Å². The predicted octanol–water partition coefficient (Wildman–Crippen LogP) is 0.353. The minimum Gasteiger partial charge on any atom is -0.468 e. The number of fused-ring (bicyclic) bond motifs is 2. The van der Waals surface area contributed by atoms with E-state index in [0.717, 1.165) is 5.39 Å². The molecular formula is C19H21N3O5. The van der Waals surface area contributed by atoms with Gasteiger partial charge in [-0.1, -0.05) is 18.2 Å². The number of methoxy groups -OCH3 is 1. The van der Waals surface area contributed by atoms with Crippen LogP contribution in [0.25, 0.3) is 10.8 Å². The van der Waals surface area contributed by atoms with Gasteiger partial charge in [0.15, 0.2) is 0 Å². The molecule has 2 fully saturated rings. The molecule has 1 aromatic carbocycles. The Bertz CT molecular complexity index is 985. The molecule has 0 saturated carbocycles. The van der Waals surface area contributed by atoms with Crippen molar-refractivity contribution in [2.45, 2.75) is 13.5 Å². The first-order chi connectivity index (χ1) is 13.0. The van der Waals surface area contributed by atoms with Crippen LogP contribution in [0.5, 0.6) is 0 Å². The third-order valence-electron chi connectivity index (χ3n) is 5.66. The second-order valence-corrected chi connectivity index (χ2v) is 7.23. The zero-order valence-electron chi connectivity index (χ0n) is 15.3. The van der Waals surface area contributed by atoms with Gasteiger partial charge in [0.2, 0.25) is 5.91 Å². The highest BCUT2D eigenvalue weighted by Crippen LogP contribution is 2.42. The maximum absolute atomic E-state index is 12.8. The van der Waals surface area contributed by atoms with Gasteiger partial charge < -0.3 is 14.4 Å². The van der Waals surface area contributed by atoms with Gasteiger partial charge in [-0.2, -0.15) is 5.10 Å². The lowest BCUT2D eigenvalue weighted by Gasteiger charge is -2.23.